The summed E-state index contributed by atoms with van der Waals surface area (Å²) in [5.41, 5.74) is 9.21. The van der Waals surface area contributed by atoms with Crippen molar-refractivity contribution >= 4 is 11.6 Å². The van der Waals surface area contributed by atoms with E-state index in [1.165, 1.54) is 0 Å². The molecule has 154 valence electrons. The zero-order valence-corrected chi connectivity index (χ0v) is 16.8. The maximum absolute atomic E-state index is 12.6. The Labute approximate surface area is 176 Å². The normalized spacial score (nSPS) is 18.0. The van der Waals surface area contributed by atoms with E-state index in [1.807, 2.05) is 78.9 Å². The van der Waals surface area contributed by atoms with E-state index in [9.17, 15) is 4.79 Å². The first kappa shape index (κ1) is 19.9. The van der Waals surface area contributed by atoms with Crippen molar-refractivity contribution in [1.82, 2.24) is 10.9 Å². The average molecular weight is 403 g/mol. The molecule has 3 aromatic rings. The van der Waals surface area contributed by atoms with E-state index in [-0.39, 0.29) is 18.0 Å². The van der Waals surface area contributed by atoms with Crippen LogP contribution in [0.4, 0.5) is 5.69 Å². The molecule has 1 amide bonds. The van der Waals surface area contributed by atoms with Gasteiger partial charge in [0.2, 0.25) is 5.91 Å². The van der Waals surface area contributed by atoms with Gasteiger partial charge >= 0.3 is 0 Å². The van der Waals surface area contributed by atoms with E-state index in [0.717, 1.165) is 28.3 Å². The molecule has 1 saturated heterocycles. The summed E-state index contributed by atoms with van der Waals surface area (Å²) in [6.07, 6.45) is 0.650. The van der Waals surface area contributed by atoms with Gasteiger partial charge in [0.25, 0.3) is 0 Å². The summed E-state index contributed by atoms with van der Waals surface area (Å²) in [5, 5.41) is 2.96. The zero-order chi connectivity index (χ0) is 20.8. The summed E-state index contributed by atoms with van der Waals surface area (Å²) >= 11 is 0. The van der Waals surface area contributed by atoms with Crippen molar-refractivity contribution in [3.8, 4) is 11.5 Å². The summed E-state index contributed by atoms with van der Waals surface area (Å²) in [5.74, 6) is 1.48. The molecule has 1 aliphatic heterocycles. The standard InChI is InChI=1S/C24H25N3O3/c1-29-21-9-5-8-18(14-21)22-15-23(27-26-22)24(28)25-19-10-12-20(13-11-19)30-16-17-6-3-2-4-7-17/h2-14,22-23,26-27H,15-16H2,1H3,(H,25,28). The molecular formula is C24H25N3O3. The van der Waals surface area contributed by atoms with Crippen molar-refractivity contribution in [1.29, 1.82) is 0 Å². The highest BCUT2D eigenvalue weighted by molar-refractivity contribution is 5.95. The van der Waals surface area contributed by atoms with Gasteiger partial charge < -0.3 is 14.8 Å². The van der Waals surface area contributed by atoms with Gasteiger partial charge in [0, 0.05) is 11.7 Å². The van der Waals surface area contributed by atoms with Crippen LogP contribution in [0.2, 0.25) is 0 Å². The number of amides is 1. The fourth-order valence-corrected chi connectivity index (χ4v) is 3.41. The molecule has 2 atom stereocenters. The molecule has 0 radical (unpaired) electrons. The highest BCUT2D eigenvalue weighted by Crippen LogP contribution is 2.26. The first-order valence-electron chi connectivity index (χ1n) is 9.94. The Balaban J connectivity index is 1.29. The molecule has 6 nitrogen and oxygen atoms in total. The monoisotopic (exact) mass is 403 g/mol. The lowest BCUT2D eigenvalue weighted by atomic mass is 10.0. The van der Waals surface area contributed by atoms with Crippen LogP contribution in [0.15, 0.2) is 78.9 Å². The highest BCUT2D eigenvalue weighted by atomic mass is 16.5. The third-order valence-corrected chi connectivity index (χ3v) is 5.09. The van der Waals surface area contributed by atoms with Crippen LogP contribution in [0.5, 0.6) is 11.5 Å². The van der Waals surface area contributed by atoms with Crippen molar-refractivity contribution in [2.24, 2.45) is 0 Å². The minimum atomic E-state index is -0.324. The maximum Gasteiger partial charge on any atom is 0.242 e. The van der Waals surface area contributed by atoms with Gasteiger partial charge in [0.15, 0.2) is 0 Å². The second-order valence-electron chi connectivity index (χ2n) is 7.19. The van der Waals surface area contributed by atoms with Crippen molar-refractivity contribution in [3.05, 3.63) is 90.0 Å². The maximum atomic E-state index is 12.6. The smallest absolute Gasteiger partial charge is 0.242 e. The first-order valence-corrected chi connectivity index (χ1v) is 9.94. The van der Waals surface area contributed by atoms with Gasteiger partial charge in [-0.1, -0.05) is 42.5 Å². The summed E-state index contributed by atoms with van der Waals surface area (Å²) in [7, 11) is 1.65. The van der Waals surface area contributed by atoms with Crippen LogP contribution >= 0.6 is 0 Å². The van der Waals surface area contributed by atoms with Gasteiger partial charge in [-0.3, -0.25) is 4.79 Å². The molecule has 3 aromatic carbocycles. The SMILES string of the molecule is COc1cccc(C2CC(C(=O)Nc3ccc(OCc4ccccc4)cc3)NN2)c1. The Morgan fingerprint density at radius 1 is 0.967 bits per heavy atom. The number of hydrazine groups is 1. The second-order valence-corrected chi connectivity index (χ2v) is 7.19. The molecule has 30 heavy (non-hydrogen) atoms. The molecule has 2 unspecified atom stereocenters. The zero-order valence-electron chi connectivity index (χ0n) is 16.8. The lowest BCUT2D eigenvalue weighted by Gasteiger charge is -2.12. The largest absolute Gasteiger partial charge is 0.497 e. The second kappa shape index (κ2) is 9.43. The molecule has 1 fully saturated rings. The lowest BCUT2D eigenvalue weighted by molar-refractivity contribution is -0.117. The van der Waals surface area contributed by atoms with Crippen LogP contribution in [-0.2, 0) is 11.4 Å². The van der Waals surface area contributed by atoms with E-state index in [1.54, 1.807) is 7.11 Å². The summed E-state index contributed by atoms with van der Waals surface area (Å²) in [6, 6.07) is 25.0. The number of hydrogen-bond donors (Lipinski definition) is 3. The van der Waals surface area contributed by atoms with Crippen LogP contribution in [0.25, 0.3) is 0 Å². The molecule has 1 heterocycles. The summed E-state index contributed by atoms with van der Waals surface area (Å²) in [4.78, 5) is 12.6. The van der Waals surface area contributed by atoms with Gasteiger partial charge in [0.05, 0.1) is 7.11 Å². The predicted octanol–water partition coefficient (Wildman–Crippen LogP) is 3.82. The van der Waals surface area contributed by atoms with Gasteiger partial charge in [0.1, 0.15) is 24.1 Å². The predicted molar refractivity (Wildman–Crippen MR) is 116 cm³/mol. The minimum absolute atomic E-state index is 0.0459. The van der Waals surface area contributed by atoms with Crippen LogP contribution in [0, 0.1) is 0 Å². The highest BCUT2D eigenvalue weighted by Gasteiger charge is 2.30. The number of benzene rings is 3. The average Bonchev–Trinajstić information content (AvgIpc) is 3.30. The number of methoxy groups -OCH3 is 1. The number of rotatable bonds is 7. The number of carbonyl (C=O) groups excluding carboxylic acids is 1. The fraction of sp³-hybridized carbons (Fsp3) is 0.208. The molecule has 0 spiro atoms. The van der Waals surface area contributed by atoms with Crippen molar-refractivity contribution in [2.45, 2.75) is 25.1 Å². The summed E-state index contributed by atoms with van der Waals surface area (Å²) in [6.45, 7) is 0.510. The van der Waals surface area contributed by atoms with Crippen molar-refractivity contribution in [3.63, 3.8) is 0 Å². The quantitative estimate of drug-likeness (QED) is 0.559. The third-order valence-electron chi connectivity index (χ3n) is 5.09. The van der Waals surface area contributed by atoms with Crippen LogP contribution in [-0.4, -0.2) is 19.1 Å². The molecule has 6 heteroatoms. The van der Waals surface area contributed by atoms with E-state index in [4.69, 9.17) is 9.47 Å². The number of hydrogen-bond acceptors (Lipinski definition) is 5. The topological polar surface area (TPSA) is 71.6 Å². The Morgan fingerprint density at radius 3 is 2.53 bits per heavy atom. The number of nitrogens with one attached hydrogen (secondary N) is 3. The first-order chi connectivity index (χ1) is 14.7. The number of ether oxygens (including phenoxy) is 2. The minimum Gasteiger partial charge on any atom is -0.497 e. The van der Waals surface area contributed by atoms with Gasteiger partial charge in [-0.05, 0) is 53.9 Å². The summed E-state index contributed by atoms with van der Waals surface area (Å²) < 4.78 is 11.1. The van der Waals surface area contributed by atoms with E-state index < -0.39 is 0 Å². The molecular weight excluding hydrogens is 378 g/mol. The van der Waals surface area contributed by atoms with Crippen molar-refractivity contribution in [2.75, 3.05) is 12.4 Å². The Morgan fingerprint density at radius 2 is 1.77 bits per heavy atom. The third kappa shape index (κ3) is 4.97. The fourth-order valence-electron chi connectivity index (χ4n) is 3.41. The van der Waals surface area contributed by atoms with Crippen LogP contribution in [0.1, 0.15) is 23.6 Å². The van der Waals surface area contributed by atoms with Gasteiger partial charge in [-0.25, -0.2) is 10.9 Å². The van der Waals surface area contributed by atoms with E-state index in [0.29, 0.717) is 13.0 Å². The molecule has 1 aliphatic rings. The van der Waals surface area contributed by atoms with Gasteiger partial charge in [-0.15, -0.1) is 0 Å². The van der Waals surface area contributed by atoms with Crippen LogP contribution in [0.3, 0.4) is 0 Å². The Hall–Kier alpha value is -3.35. The molecule has 0 saturated carbocycles. The number of carbonyl (C=O) groups is 1. The Kier molecular flexibility index (Phi) is 6.27. The van der Waals surface area contributed by atoms with Gasteiger partial charge in [-0.2, -0.15) is 0 Å². The molecule has 4 rings (SSSR count). The van der Waals surface area contributed by atoms with Crippen LogP contribution < -0.4 is 25.6 Å². The van der Waals surface area contributed by atoms with E-state index in [2.05, 4.69) is 16.2 Å². The molecule has 3 N–H and O–H groups in total. The number of anilines is 1. The lowest BCUT2D eigenvalue weighted by Crippen LogP contribution is -2.39. The molecule has 0 aliphatic carbocycles. The molecule has 0 bridgehead atoms. The van der Waals surface area contributed by atoms with E-state index >= 15 is 0 Å². The van der Waals surface area contributed by atoms with Crippen molar-refractivity contribution < 1.29 is 14.3 Å². The Bertz CT molecular complexity index is 977. The molecule has 0 aromatic heterocycles.